The predicted octanol–water partition coefficient (Wildman–Crippen LogP) is 6.76. The van der Waals surface area contributed by atoms with Crippen LogP contribution in [0.3, 0.4) is 0 Å². The minimum absolute atomic E-state index is 0.170. The number of nitrogens with one attached hydrogen (secondary N) is 1. The van der Waals surface area contributed by atoms with E-state index >= 15 is 0 Å². The number of benzene rings is 4. The third-order valence-electron chi connectivity index (χ3n) is 7.82. The first-order chi connectivity index (χ1) is 21.1. The molecule has 6 aromatic rings. The maximum atomic E-state index is 13.9. The molecule has 2 aromatic heterocycles. The van der Waals surface area contributed by atoms with E-state index in [-0.39, 0.29) is 5.56 Å². The van der Waals surface area contributed by atoms with Crippen molar-refractivity contribution in [2.75, 3.05) is 0 Å². The summed E-state index contributed by atoms with van der Waals surface area (Å²) >= 11 is 6.70. The molecular weight excluding hydrogens is 556 g/mol. The van der Waals surface area contributed by atoms with E-state index < -0.39 is 6.04 Å². The summed E-state index contributed by atoms with van der Waals surface area (Å²) in [5, 5.41) is 14.7. The van der Waals surface area contributed by atoms with Gasteiger partial charge in [-0.25, -0.2) is 4.68 Å². The van der Waals surface area contributed by atoms with Crippen molar-refractivity contribution in [1.82, 2.24) is 30.1 Å². The largest absolute Gasteiger partial charge is 0.322 e. The smallest absolute Gasteiger partial charge is 0.253 e. The first-order valence-electron chi connectivity index (χ1n) is 14.6. The van der Waals surface area contributed by atoms with Crippen molar-refractivity contribution in [3.63, 3.8) is 0 Å². The van der Waals surface area contributed by atoms with Gasteiger partial charge in [-0.2, -0.15) is 0 Å². The van der Waals surface area contributed by atoms with E-state index in [0.717, 1.165) is 34.9 Å². The van der Waals surface area contributed by atoms with Crippen molar-refractivity contribution >= 4 is 22.5 Å². The monoisotopic (exact) mass is 588 g/mol. The fraction of sp³-hybridized carbons (Fsp3) is 0.200. The molecule has 2 heterocycles. The molecule has 1 N–H and O–H groups in total. The molecule has 216 valence electrons. The summed E-state index contributed by atoms with van der Waals surface area (Å²) in [5.41, 5.74) is 5.66. The van der Waals surface area contributed by atoms with Crippen molar-refractivity contribution in [2.24, 2.45) is 0 Å². The van der Waals surface area contributed by atoms with Crippen molar-refractivity contribution in [1.29, 1.82) is 0 Å². The number of halogens is 1. The second kappa shape index (κ2) is 13.2. The molecule has 0 spiro atoms. The summed E-state index contributed by atoms with van der Waals surface area (Å²) in [6.07, 6.45) is 1.65. The zero-order valence-corrected chi connectivity index (χ0v) is 24.8. The molecule has 0 fully saturated rings. The van der Waals surface area contributed by atoms with Crippen LogP contribution in [-0.4, -0.2) is 30.1 Å². The highest BCUT2D eigenvalue weighted by molar-refractivity contribution is 6.31. The van der Waals surface area contributed by atoms with Crippen LogP contribution in [-0.2, 0) is 32.5 Å². The van der Waals surface area contributed by atoms with E-state index in [1.807, 2.05) is 77.5 Å². The number of nitrogens with zero attached hydrogens (tertiary/aromatic N) is 5. The van der Waals surface area contributed by atoms with E-state index in [1.54, 1.807) is 0 Å². The summed E-state index contributed by atoms with van der Waals surface area (Å²) in [4.78, 5) is 19.3. The maximum Gasteiger partial charge on any atom is 0.253 e. The van der Waals surface area contributed by atoms with Gasteiger partial charge in [0.25, 0.3) is 5.56 Å². The third kappa shape index (κ3) is 6.58. The molecule has 0 aliphatic heterocycles. The minimum Gasteiger partial charge on any atom is -0.322 e. The highest BCUT2D eigenvalue weighted by Gasteiger charge is 2.31. The van der Waals surface area contributed by atoms with Gasteiger partial charge in [-0.1, -0.05) is 103 Å². The molecule has 0 radical (unpaired) electrons. The number of aryl methyl sites for hydroxylation is 3. The van der Waals surface area contributed by atoms with E-state index in [9.17, 15) is 4.79 Å². The molecule has 0 saturated carbocycles. The molecule has 0 amide bonds. The molecule has 0 saturated heterocycles. The highest BCUT2D eigenvalue weighted by Crippen LogP contribution is 2.31. The fourth-order valence-corrected chi connectivity index (χ4v) is 5.74. The Morgan fingerprint density at radius 1 is 0.837 bits per heavy atom. The quantitative estimate of drug-likeness (QED) is 0.181. The topological polar surface area (TPSA) is 79.7 Å². The predicted molar refractivity (Wildman–Crippen MR) is 171 cm³/mol. The van der Waals surface area contributed by atoms with Crippen molar-refractivity contribution < 1.29 is 0 Å². The number of aromatic amines is 1. The molecular formula is C35H33ClN6O. The van der Waals surface area contributed by atoms with Gasteiger partial charge in [0.15, 0.2) is 5.82 Å². The van der Waals surface area contributed by atoms with Gasteiger partial charge >= 0.3 is 0 Å². The molecule has 6 rings (SSSR count). The van der Waals surface area contributed by atoms with Crippen LogP contribution in [0, 0.1) is 0 Å². The Morgan fingerprint density at radius 2 is 1.56 bits per heavy atom. The number of rotatable bonds is 11. The molecule has 43 heavy (non-hydrogen) atoms. The number of fused-ring (bicyclic) bond motifs is 1. The van der Waals surface area contributed by atoms with E-state index in [1.165, 1.54) is 11.1 Å². The first kappa shape index (κ1) is 28.5. The zero-order valence-electron chi connectivity index (χ0n) is 24.0. The number of tetrazole rings is 1. The van der Waals surface area contributed by atoms with Gasteiger partial charge in [0.2, 0.25) is 0 Å². The average Bonchev–Trinajstić information content (AvgIpc) is 3.50. The lowest BCUT2D eigenvalue weighted by Gasteiger charge is -2.31. The van der Waals surface area contributed by atoms with Crippen LogP contribution < -0.4 is 5.56 Å². The lowest BCUT2D eigenvalue weighted by Crippen LogP contribution is -2.35. The summed E-state index contributed by atoms with van der Waals surface area (Å²) in [5.74, 6) is 0.607. The summed E-state index contributed by atoms with van der Waals surface area (Å²) < 4.78 is 1.83. The molecule has 0 aliphatic carbocycles. The number of H-pyrrole nitrogens is 1. The van der Waals surface area contributed by atoms with Crippen LogP contribution in [0.25, 0.3) is 10.9 Å². The Morgan fingerprint density at radius 3 is 2.30 bits per heavy atom. The van der Waals surface area contributed by atoms with Gasteiger partial charge in [-0.05, 0) is 75.2 Å². The summed E-state index contributed by atoms with van der Waals surface area (Å²) in [6.45, 7) is 3.73. The molecule has 0 unspecified atom stereocenters. The molecule has 8 heteroatoms. The van der Waals surface area contributed by atoms with Gasteiger partial charge in [-0.3, -0.25) is 9.69 Å². The van der Waals surface area contributed by atoms with Gasteiger partial charge in [0.1, 0.15) is 6.04 Å². The van der Waals surface area contributed by atoms with Crippen LogP contribution in [0.15, 0.2) is 114 Å². The average molecular weight is 589 g/mol. The van der Waals surface area contributed by atoms with Crippen LogP contribution in [0.1, 0.15) is 46.6 Å². The molecule has 1 atom stereocenters. The van der Waals surface area contributed by atoms with Crippen LogP contribution in [0.4, 0.5) is 0 Å². The van der Waals surface area contributed by atoms with Crippen LogP contribution in [0.5, 0.6) is 0 Å². The SMILES string of the molecule is CCc1ccc2[nH]c(=O)c([C@@H](c3nnnn3CCc3ccccc3)N(Cc3ccccc3)Cc3ccccc3Cl)cc2c1. The summed E-state index contributed by atoms with van der Waals surface area (Å²) in [6, 6.07) is 35.9. The fourth-order valence-electron chi connectivity index (χ4n) is 5.54. The third-order valence-corrected chi connectivity index (χ3v) is 8.19. The Balaban J connectivity index is 1.50. The molecule has 4 aromatic carbocycles. The van der Waals surface area contributed by atoms with E-state index in [4.69, 9.17) is 11.6 Å². The highest BCUT2D eigenvalue weighted by atomic mass is 35.5. The van der Waals surface area contributed by atoms with Crippen molar-refractivity contribution in [3.05, 3.63) is 158 Å². The summed E-state index contributed by atoms with van der Waals surface area (Å²) in [7, 11) is 0. The number of hydrogen-bond donors (Lipinski definition) is 1. The second-order valence-corrected chi connectivity index (χ2v) is 11.1. The molecule has 7 nitrogen and oxygen atoms in total. The Kier molecular flexibility index (Phi) is 8.72. The Hall–Kier alpha value is -4.59. The zero-order chi connectivity index (χ0) is 29.6. The van der Waals surface area contributed by atoms with Crippen LogP contribution >= 0.6 is 11.6 Å². The number of aromatic nitrogens is 5. The number of hydrogen-bond acceptors (Lipinski definition) is 5. The van der Waals surface area contributed by atoms with E-state index in [2.05, 4.69) is 68.7 Å². The Bertz CT molecular complexity index is 1870. The lowest BCUT2D eigenvalue weighted by molar-refractivity contribution is 0.193. The van der Waals surface area contributed by atoms with Crippen molar-refractivity contribution in [2.45, 2.75) is 45.4 Å². The molecule has 0 aliphatic rings. The number of pyridine rings is 1. The lowest BCUT2D eigenvalue weighted by atomic mass is 10.00. The first-order valence-corrected chi connectivity index (χ1v) is 14.9. The standard InChI is InChI=1S/C35H33ClN6O/c1-2-25-17-18-32-29(21-25)22-30(35(43)37-32)33(34-38-39-40-42(34)20-19-26-11-5-3-6-12-26)41(23-27-13-7-4-8-14-27)24-28-15-9-10-16-31(28)36/h3-18,21-22,33H,2,19-20,23-24H2,1H3,(H,37,43)/t33-/m0/s1. The Labute approximate surface area is 255 Å². The minimum atomic E-state index is -0.555. The van der Waals surface area contributed by atoms with E-state index in [0.29, 0.717) is 36.0 Å². The van der Waals surface area contributed by atoms with Gasteiger partial charge in [0.05, 0.1) is 0 Å². The van der Waals surface area contributed by atoms with Crippen molar-refractivity contribution in [3.8, 4) is 0 Å². The van der Waals surface area contributed by atoms with Gasteiger partial charge in [0, 0.05) is 35.7 Å². The second-order valence-electron chi connectivity index (χ2n) is 10.7. The molecule has 0 bridgehead atoms. The normalized spacial score (nSPS) is 12.2. The van der Waals surface area contributed by atoms with Crippen LogP contribution in [0.2, 0.25) is 5.02 Å². The van der Waals surface area contributed by atoms with Gasteiger partial charge in [-0.15, -0.1) is 5.10 Å². The maximum absolute atomic E-state index is 13.9. The van der Waals surface area contributed by atoms with Gasteiger partial charge < -0.3 is 4.98 Å².